The van der Waals surface area contributed by atoms with E-state index in [1.807, 2.05) is 41.3 Å². The lowest BCUT2D eigenvalue weighted by atomic mass is 10.2. The highest BCUT2D eigenvalue weighted by Gasteiger charge is 2.29. The van der Waals surface area contributed by atoms with Gasteiger partial charge in [0.25, 0.3) is 0 Å². The Bertz CT molecular complexity index is 1200. The molecule has 0 N–H and O–H groups in total. The van der Waals surface area contributed by atoms with Crippen LogP contribution in [0.15, 0.2) is 65.6 Å². The van der Waals surface area contributed by atoms with Crippen molar-refractivity contribution in [1.29, 1.82) is 5.26 Å². The molecule has 1 saturated heterocycles. The van der Waals surface area contributed by atoms with Gasteiger partial charge in [-0.05, 0) is 43.3 Å². The Morgan fingerprint density at radius 3 is 2.29 bits per heavy atom. The number of hydrogen-bond donors (Lipinski definition) is 0. The van der Waals surface area contributed by atoms with Crippen LogP contribution in [0.5, 0.6) is 11.6 Å². The third-order valence-electron chi connectivity index (χ3n) is 4.95. The topological polar surface area (TPSA) is 99.4 Å². The third-order valence-corrected chi connectivity index (χ3v) is 6.86. The number of hydrogen-bond acceptors (Lipinski definition) is 7. The van der Waals surface area contributed by atoms with E-state index < -0.39 is 10.0 Å². The summed E-state index contributed by atoms with van der Waals surface area (Å²) in [7, 11) is -3.61. The van der Waals surface area contributed by atoms with E-state index in [1.54, 1.807) is 13.0 Å². The number of benzene rings is 2. The second-order valence-corrected chi connectivity index (χ2v) is 8.99. The van der Waals surface area contributed by atoms with Gasteiger partial charge >= 0.3 is 0 Å². The van der Waals surface area contributed by atoms with Crippen molar-refractivity contribution in [2.24, 2.45) is 0 Å². The molecular formula is C22H21N5O3S. The van der Waals surface area contributed by atoms with Crippen LogP contribution in [0.4, 0.5) is 5.82 Å². The lowest BCUT2D eigenvalue weighted by Crippen LogP contribution is -2.49. The van der Waals surface area contributed by atoms with Gasteiger partial charge in [0.2, 0.25) is 15.9 Å². The Balaban J connectivity index is 1.46. The summed E-state index contributed by atoms with van der Waals surface area (Å²) in [4.78, 5) is 11.1. The first-order valence-electron chi connectivity index (χ1n) is 9.79. The molecular weight excluding hydrogens is 414 g/mol. The van der Waals surface area contributed by atoms with Gasteiger partial charge in [-0.15, -0.1) is 0 Å². The summed E-state index contributed by atoms with van der Waals surface area (Å²) in [5, 5.41) is 8.90. The molecule has 0 unspecified atom stereocenters. The predicted octanol–water partition coefficient (Wildman–Crippen LogP) is 2.96. The van der Waals surface area contributed by atoms with E-state index in [9.17, 15) is 8.42 Å². The minimum absolute atomic E-state index is 0.191. The van der Waals surface area contributed by atoms with Crippen LogP contribution in [-0.2, 0) is 10.0 Å². The highest BCUT2D eigenvalue weighted by Crippen LogP contribution is 2.25. The van der Waals surface area contributed by atoms with Crippen LogP contribution in [0.2, 0.25) is 0 Å². The molecule has 9 heteroatoms. The van der Waals surface area contributed by atoms with E-state index in [0.29, 0.717) is 55.0 Å². The standard InChI is InChI=1S/C22H21N5O3S/c1-17-24-21(15-22(25-17)30-19-5-3-2-4-6-19)26-11-13-27(14-12-26)31(28,29)20-9-7-18(16-23)8-10-20/h2-10,15H,11-14H2,1H3. The number of aryl methyl sites for hydroxylation is 1. The van der Waals surface area contributed by atoms with Crippen molar-refractivity contribution in [3.8, 4) is 17.7 Å². The van der Waals surface area contributed by atoms with Crippen LogP contribution in [0, 0.1) is 18.3 Å². The van der Waals surface area contributed by atoms with Gasteiger partial charge in [-0.2, -0.15) is 14.6 Å². The van der Waals surface area contributed by atoms with Gasteiger partial charge in [-0.25, -0.2) is 13.4 Å². The molecule has 0 aliphatic carbocycles. The molecule has 1 aliphatic rings. The van der Waals surface area contributed by atoms with Gasteiger partial charge < -0.3 is 9.64 Å². The van der Waals surface area contributed by atoms with Crippen LogP contribution in [-0.4, -0.2) is 48.9 Å². The van der Waals surface area contributed by atoms with Crippen LogP contribution < -0.4 is 9.64 Å². The molecule has 1 fully saturated rings. The van der Waals surface area contributed by atoms with Gasteiger partial charge in [0, 0.05) is 32.2 Å². The maximum absolute atomic E-state index is 12.9. The van der Waals surface area contributed by atoms with Gasteiger partial charge in [0.15, 0.2) is 0 Å². The molecule has 158 valence electrons. The maximum Gasteiger partial charge on any atom is 0.243 e. The van der Waals surface area contributed by atoms with Crippen LogP contribution >= 0.6 is 0 Å². The number of aromatic nitrogens is 2. The average Bonchev–Trinajstić information content (AvgIpc) is 2.79. The summed E-state index contributed by atoms with van der Waals surface area (Å²) in [5.74, 6) is 2.41. The largest absolute Gasteiger partial charge is 0.439 e. The number of nitrogens with zero attached hydrogens (tertiary/aromatic N) is 5. The molecule has 4 rings (SSSR count). The molecule has 2 heterocycles. The van der Waals surface area contributed by atoms with Gasteiger partial charge in [0.05, 0.1) is 16.5 Å². The Labute approximate surface area is 181 Å². The number of ether oxygens (including phenoxy) is 1. The number of rotatable bonds is 5. The Kier molecular flexibility index (Phi) is 5.84. The molecule has 0 radical (unpaired) electrons. The second-order valence-electron chi connectivity index (χ2n) is 7.05. The monoisotopic (exact) mass is 435 g/mol. The number of anilines is 1. The molecule has 0 atom stereocenters. The highest BCUT2D eigenvalue weighted by atomic mass is 32.2. The summed E-state index contributed by atoms with van der Waals surface area (Å²) in [6.45, 7) is 3.46. The van der Waals surface area contributed by atoms with Crippen molar-refractivity contribution < 1.29 is 13.2 Å². The highest BCUT2D eigenvalue weighted by molar-refractivity contribution is 7.89. The zero-order valence-electron chi connectivity index (χ0n) is 17.0. The van der Waals surface area contributed by atoms with E-state index in [0.717, 1.165) is 0 Å². The van der Waals surface area contributed by atoms with E-state index in [4.69, 9.17) is 10.00 Å². The molecule has 31 heavy (non-hydrogen) atoms. The van der Waals surface area contributed by atoms with E-state index in [-0.39, 0.29) is 4.90 Å². The minimum atomic E-state index is -3.61. The first kappa shape index (κ1) is 20.8. The smallest absolute Gasteiger partial charge is 0.243 e. The van der Waals surface area contributed by atoms with E-state index >= 15 is 0 Å². The molecule has 1 aliphatic heterocycles. The van der Waals surface area contributed by atoms with Crippen LogP contribution in [0.1, 0.15) is 11.4 Å². The van der Waals surface area contributed by atoms with Crippen molar-refractivity contribution in [1.82, 2.24) is 14.3 Å². The van der Waals surface area contributed by atoms with Crippen molar-refractivity contribution in [2.75, 3.05) is 31.1 Å². The summed E-state index contributed by atoms with van der Waals surface area (Å²) < 4.78 is 33.1. The molecule has 3 aromatic rings. The molecule has 2 aromatic carbocycles. The molecule has 8 nitrogen and oxygen atoms in total. The van der Waals surface area contributed by atoms with Crippen molar-refractivity contribution in [2.45, 2.75) is 11.8 Å². The van der Waals surface area contributed by atoms with Crippen molar-refractivity contribution in [3.63, 3.8) is 0 Å². The van der Waals surface area contributed by atoms with Crippen LogP contribution in [0.3, 0.4) is 0 Å². The van der Waals surface area contributed by atoms with Gasteiger partial charge in [-0.1, -0.05) is 18.2 Å². The Hall–Kier alpha value is -3.48. The summed E-state index contributed by atoms with van der Waals surface area (Å²) in [5.41, 5.74) is 0.427. The first-order chi connectivity index (χ1) is 15.0. The van der Waals surface area contributed by atoms with E-state index in [2.05, 4.69) is 9.97 Å². The lowest BCUT2D eigenvalue weighted by Gasteiger charge is -2.34. The zero-order valence-corrected chi connectivity index (χ0v) is 17.8. The summed E-state index contributed by atoms with van der Waals surface area (Å²) in [6, 6.07) is 19.1. The zero-order chi connectivity index (χ0) is 21.8. The quantitative estimate of drug-likeness (QED) is 0.607. The summed E-state index contributed by atoms with van der Waals surface area (Å²) >= 11 is 0. The number of para-hydroxylation sites is 1. The normalized spacial score (nSPS) is 14.8. The predicted molar refractivity (Wildman–Crippen MR) is 115 cm³/mol. The third kappa shape index (κ3) is 4.66. The van der Waals surface area contributed by atoms with Crippen LogP contribution in [0.25, 0.3) is 0 Å². The number of sulfonamides is 1. The van der Waals surface area contributed by atoms with Gasteiger partial charge in [-0.3, -0.25) is 0 Å². The molecule has 1 aromatic heterocycles. The fourth-order valence-corrected chi connectivity index (χ4v) is 4.78. The minimum Gasteiger partial charge on any atom is -0.439 e. The lowest BCUT2D eigenvalue weighted by molar-refractivity contribution is 0.383. The molecule has 0 bridgehead atoms. The second kappa shape index (κ2) is 8.71. The number of nitriles is 1. The first-order valence-corrected chi connectivity index (χ1v) is 11.2. The van der Waals surface area contributed by atoms with Crippen molar-refractivity contribution >= 4 is 15.8 Å². The molecule has 0 saturated carbocycles. The Morgan fingerprint density at radius 2 is 1.65 bits per heavy atom. The molecule has 0 spiro atoms. The summed E-state index contributed by atoms with van der Waals surface area (Å²) in [6.07, 6.45) is 0. The Morgan fingerprint density at radius 1 is 0.968 bits per heavy atom. The van der Waals surface area contributed by atoms with Crippen molar-refractivity contribution in [3.05, 3.63) is 72.1 Å². The average molecular weight is 436 g/mol. The fraction of sp³-hybridized carbons (Fsp3) is 0.227. The van der Waals surface area contributed by atoms with E-state index in [1.165, 1.54) is 28.6 Å². The molecule has 0 amide bonds. The fourth-order valence-electron chi connectivity index (χ4n) is 3.36. The van der Waals surface area contributed by atoms with Gasteiger partial charge in [0.1, 0.15) is 17.4 Å². The number of piperazine rings is 1. The maximum atomic E-state index is 12.9. The SMILES string of the molecule is Cc1nc(Oc2ccccc2)cc(N2CCN(S(=O)(=O)c3ccc(C#N)cc3)CC2)n1.